The lowest BCUT2D eigenvalue weighted by Gasteiger charge is -2.25. The Morgan fingerprint density at radius 2 is 1.73 bits per heavy atom. The van der Waals surface area contributed by atoms with Crippen LogP contribution in [0.3, 0.4) is 0 Å². The number of nitrogens with one attached hydrogen (secondary N) is 2. The van der Waals surface area contributed by atoms with Crippen molar-refractivity contribution in [2.24, 2.45) is 0 Å². The van der Waals surface area contributed by atoms with Gasteiger partial charge in [-0.3, -0.25) is 10.2 Å². The lowest BCUT2D eigenvalue weighted by atomic mass is 10.0. The van der Waals surface area contributed by atoms with Gasteiger partial charge in [-0.15, -0.1) is 4.83 Å². The van der Waals surface area contributed by atoms with Gasteiger partial charge >= 0.3 is 0 Å². The number of benzene rings is 2. The van der Waals surface area contributed by atoms with Gasteiger partial charge in [0, 0.05) is 0 Å². The van der Waals surface area contributed by atoms with Crippen LogP contribution in [0.4, 0.5) is 0 Å². The van der Waals surface area contributed by atoms with Crippen molar-refractivity contribution in [1.29, 1.82) is 0 Å². The van der Waals surface area contributed by atoms with E-state index in [1.54, 1.807) is 36.4 Å². The second-order valence-electron chi connectivity index (χ2n) is 6.18. The van der Waals surface area contributed by atoms with Gasteiger partial charge in [-0.1, -0.05) is 38.1 Å². The molecular formula is C18H20N2O5S. The van der Waals surface area contributed by atoms with Crippen LogP contribution in [0.15, 0.2) is 53.4 Å². The fraction of sp³-hybridized carbons (Fsp3) is 0.278. The first kappa shape index (κ1) is 18.2. The second-order valence-corrected chi connectivity index (χ2v) is 7.87. The van der Waals surface area contributed by atoms with Crippen LogP contribution in [0.1, 0.15) is 25.3 Å². The van der Waals surface area contributed by atoms with Gasteiger partial charge in [-0.25, -0.2) is 8.42 Å². The van der Waals surface area contributed by atoms with E-state index in [9.17, 15) is 13.2 Å². The molecule has 7 nitrogen and oxygen atoms in total. The summed E-state index contributed by atoms with van der Waals surface area (Å²) in [6.07, 6.45) is -0.948. The molecule has 8 heteroatoms. The molecule has 0 spiro atoms. The van der Waals surface area contributed by atoms with E-state index in [1.165, 1.54) is 12.1 Å². The molecule has 2 N–H and O–H groups in total. The van der Waals surface area contributed by atoms with Crippen LogP contribution >= 0.6 is 0 Å². The van der Waals surface area contributed by atoms with E-state index in [0.29, 0.717) is 17.4 Å². The summed E-state index contributed by atoms with van der Waals surface area (Å²) in [6, 6.07) is 13.4. The average molecular weight is 376 g/mol. The molecule has 138 valence electrons. The summed E-state index contributed by atoms with van der Waals surface area (Å²) in [6.45, 7) is 4.03. The van der Waals surface area contributed by atoms with Crippen molar-refractivity contribution in [2.45, 2.75) is 30.8 Å². The van der Waals surface area contributed by atoms with E-state index in [0.717, 1.165) is 5.56 Å². The molecule has 0 saturated heterocycles. The molecule has 0 aromatic heterocycles. The number of hydrazine groups is 1. The fourth-order valence-electron chi connectivity index (χ4n) is 2.44. The summed E-state index contributed by atoms with van der Waals surface area (Å²) < 4.78 is 35.6. The smallest absolute Gasteiger partial charge is 0.279 e. The molecule has 0 fully saturated rings. The Morgan fingerprint density at radius 1 is 1.08 bits per heavy atom. The Bertz CT molecular complexity index is 894. The van der Waals surface area contributed by atoms with Crippen molar-refractivity contribution in [3.63, 3.8) is 0 Å². The van der Waals surface area contributed by atoms with Gasteiger partial charge in [-0.2, -0.15) is 0 Å². The number of amides is 1. The molecule has 0 saturated carbocycles. The van der Waals surface area contributed by atoms with E-state index in [1.807, 2.05) is 13.8 Å². The molecule has 3 rings (SSSR count). The number of carbonyl (C=O) groups excluding carboxylic acids is 1. The third-order valence-electron chi connectivity index (χ3n) is 3.97. The van der Waals surface area contributed by atoms with Crippen molar-refractivity contribution < 1.29 is 22.7 Å². The van der Waals surface area contributed by atoms with Crippen LogP contribution in [-0.4, -0.2) is 27.0 Å². The van der Waals surface area contributed by atoms with E-state index < -0.39 is 22.0 Å². The maximum Gasteiger partial charge on any atom is 0.279 e. The average Bonchev–Trinajstić information content (AvgIpc) is 2.66. The second kappa shape index (κ2) is 7.35. The Hall–Kier alpha value is -2.58. The number of ether oxygens (including phenoxy) is 2. The van der Waals surface area contributed by atoms with E-state index >= 15 is 0 Å². The van der Waals surface area contributed by atoms with E-state index in [2.05, 4.69) is 10.3 Å². The molecule has 2 aromatic carbocycles. The van der Waals surface area contributed by atoms with Crippen LogP contribution in [-0.2, 0) is 14.8 Å². The highest BCUT2D eigenvalue weighted by molar-refractivity contribution is 7.89. The third-order valence-corrected chi connectivity index (χ3v) is 5.23. The Kier molecular flexibility index (Phi) is 5.15. The van der Waals surface area contributed by atoms with Gasteiger partial charge in [0.05, 0.1) is 4.90 Å². The molecule has 1 amide bonds. The summed E-state index contributed by atoms with van der Waals surface area (Å²) in [4.78, 5) is 14.3. The lowest BCUT2D eigenvalue weighted by Crippen LogP contribution is -2.50. The molecule has 26 heavy (non-hydrogen) atoms. The first-order valence-corrected chi connectivity index (χ1v) is 9.65. The third kappa shape index (κ3) is 3.97. The highest BCUT2D eigenvalue weighted by atomic mass is 32.2. The van der Waals surface area contributed by atoms with Crippen LogP contribution in [0, 0.1) is 0 Å². The lowest BCUT2D eigenvalue weighted by molar-refractivity contribution is -0.130. The first-order valence-electron chi connectivity index (χ1n) is 8.17. The van der Waals surface area contributed by atoms with Crippen LogP contribution < -0.4 is 19.7 Å². The van der Waals surface area contributed by atoms with Gasteiger partial charge in [0.25, 0.3) is 15.9 Å². The number of carbonyl (C=O) groups is 1. The highest BCUT2D eigenvalue weighted by Crippen LogP contribution is 2.30. The largest absolute Gasteiger partial charge is 0.485 e. The maximum absolute atomic E-state index is 12.3. The zero-order chi connectivity index (χ0) is 18.7. The Labute approximate surface area is 152 Å². The van der Waals surface area contributed by atoms with Crippen molar-refractivity contribution in [2.75, 3.05) is 6.61 Å². The topological polar surface area (TPSA) is 93.7 Å². The molecule has 0 bridgehead atoms. The molecule has 1 aliphatic rings. The summed E-state index contributed by atoms with van der Waals surface area (Å²) in [5.74, 6) is 0.640. The van der Waals surface area contributed by atoms with Gasteiger partial charge < -0.3 is 9.47 Å². The molecule has 2 aromatic rings. The minimum absolute atomic E-state index is 0.00629. The van der Waals surface area contributed by atoms with Crippen molar-refractivity contribution in [3.05, 3.63) is 54.1 Å². The number of para-hydroxylation sites is 2. The zero-order valence-electron chi connectivity index (χ0n) is 14.4. The maximum atomic E-state index is 12.3. The highest BCUT2D eigenvalue weighted by Gasteiger charge is 2.28. The van der Waals surface area contributed by atoms with Gasteiger partial charge in [-0.05, 0) is 35.7 Å². The molecule has 0 aliphatic carbocycles. The summed E-state index contributed by atoms with van der Waals surface area (Å²) >= 11 is 0. The summed E-state index contributed by atoms with van der Waals surface area (Å²) in [7, 11) is -3.88. The first-order chi connectivity index (χ1) is 12.4. The normalized spacial score (nSPS) is 16.3. The zero-order valence-corrected chi connectivity index (χ0v) is 15.2. The minimum atomic E-state index is -3.88. The molecule has 1 unspecified atom stereocenters. The molecule has 1 heterocycles. The number of hydrogen-bond donors (Lipinski definition) is 2. The van der Waals surface area contributed by atoms with E-state index in [4.69, 9.17) is 9.47 Å². The van der Waals surface area contributed by atoms with Crippen molar-refractivity contribution in [1.82, 2.24) is 10.3 Å². The quantitative estimate of drug-likeness (QED) is 0.778. The minimum Gasteiger partial charge on any atom is -0.485 e. The molecule has 1 atom stereocenters. The van der Waals surface area contributed by atoms with Gasteiger partial charge in [0.1, 0.15) is 6.61 Å². The number of hydrogen-bond acceptors (Lipinski definition) is 5. The van der Waals surface area contributed by atoms with Gasteiger partial charge in [0.15, 0.2) is 11.5 Å². The monoisotopic (exact) mass is 376 g/mol. The summed E-state index contributed by atoms with van der Waals surface area (Å²) in [5.41, 5.74) is 3.20. The fourth-order valence-corrected chi connectivity index (χ4v) is 3.28. The molecule has 1 aliphatic heterocycles. The van der Waals surface area contributed by atoms with Crippen LogP contribution in [0.2, 0.25) is 0 Å². The number of rotatable bonds is 5. The van der Waals surface area contributed by atoms with Crippen LogP contribution in [0.25, 0.3) is 0 Å². The van der Waals surface area contributed by atoms with Crippen LogP contribution in [0.5, 0.6) is 11.5 Å². The predicted octanol–water partition coefficient (Wildman–Crippen LogP) is 1.96. The molecule has 0 radical (unpaired) electrons. The molecular weight excluding hydrogens is 356 g/mol. The van der Waals surface area contributed by atoms with E-state index in [-0.39, 0.29) is 11.5 Å². The number of fused-ring (bicyclic) bond motifs is 1. The Balaban J connectivity index is 1.62. The van der Waals surface area contributed by atoms with Crippen molar-refractivity contribution in [3.8, 4) is 11.5 Å². The predicted molar refractivity (Wildman–Crippen MR) is 95.3 cm³/mol. The SMILES string of the molecule is CC(C)c1ccc(S(=O)(=O)NNC(=O)C2COc3ccccc3O2)cc1. The Morgan fingerprint density at radius 3 is 2.38 bits per heavy atom. The summed E-state index contributed by atoms with van der Waals surface area (Å²) in [5, 5.41) is 0. The van der Waals surface area contributed by atoms with Crippen molar-refractivity contribution >= 4 is 15.9 Å². The number of sulfonamides is 1. The van der Waals surface area contributed by atoms with Gasteiger partial charge in [0.2, 0.25) is 6.10 Å². The standard InChI is InChI=1S/C18H20N2O5S/c1-12(2)13-7-9-14(10-8-13)26(22,23)20-19-18(21)17-11-24-15-5-3-4-6-16(15)25-17/h3-10,12,17,20H,11H2,1-2H3,(H,19,21).